The van der Waals surface area contributed by atoms with Crippen LogP contribution in [0.5, 0.6) is 0 Å². The highest BCUT2D eigenvalue weighted by atomic mass is 19.4. The average Bonchev–Trinajstić information content (AvgIpc) is 2.68. The molecule has 0 saturated carbocycles. The van der Waals surface area contributed by atoms with Crippen LogP contribution in [0.2, 0.25) is 0 Å². The number of fused-ring (bicyclic) bond motifs is 1. The molecule has 0 aromatic heterocycles. The van der Waals surface area contributed by atoms with E-state index in [-0.39, 0.29) is 0 Å². The first kappa shape index (κ1) is 11.7. The molecule has 2 nitrogen and oxygen atoms in total. The molecule has 1 atom stereocenters. The summed E-state index contributed by atoms with van der Waals surface area (Å²) in [6.07, 6.45) is -1.03. The Morgan fingerprint density at radius 1 is 1.29 bits per heavy atom. The number of nitrogens with one attached hydrogen (secondary N) is 1. The SMILES string of the molecule is O=C(NCC(F)(F)F)C1C=Cc2ccccc21. The normalized spacial score (nSPS) is 17.9. The zero-order chi connectivity index (χ0) is 12.5. The van der Waals surface area contributed by atoms with E-state index in [4.69, 9.17) is 0 Å². The van der Waals surface area contributed by atoms with E-state index in [2.05, 4.69) is 0 Å². The van der Waals surface area contributed by atoms with Crippen molar-refractivity contribution in [2.24, 2.45) is 0 Å². The van der Waals surface area contributed by atoms with Gasteiger partial charge in [0, 0.05) is 0 Å². The van der Waals surface area contributed by atoms with Crippen LogP contribution in [0.1, 0.15) is 17.0 Å². The molecular formula is C12H10F3NO. The Morgan fingerprint density at radius 2 is 2.00 bits per heavy atom. The first-order chi connectivity index (χ1) is 7.97. The van der Waals surface area contributed by atoms with Crippen LogP contribution in [0.3, 0.4) is 0 Å². The maximum absolute atomic E-state index is 12.0. The second-order valence-electron chi connectivity index (χ2n) is 3.80. The number of hydrogen-bond donors (Lipinski definition) is 1. The molecule has 0 fully saturated rings. The maximum Gasteiger partial charge on any atom is 0.405 e. The van der Waals surface area contributed by atoms with E-state index in [1.807, 2.05) is 17.4 Å². The molecular weight excluding hydrogens is 231 g/mol. The molecule has 2 rings (SSSR count). The molecule has 0 saturated heterocycles. The zero-order valence-electron chi connectivity index (χ0n) is 8.79. The van der Waals surface area contributed by atoms with Gasteiger partial charge >= 0.3 is 6.18 Å². The molecule has 1 amide bonds. The lowest BCUT2D eigenvalue weighted by Gasteiger charge is -2.13. The van der Waals surface area contributed by atoms with E-state index in [0.29, 0.717) is 0 Å². The lowest BCUT2D eigenvalue weighted by Crippen LogP contribution is -2.36. The van der Waals surface area contributed by atoms with Gasteiger partial charge in [-0.15, -0.1) is 0 Å². The Bertz CT molecular complexity index is 465. The van der Waals surface area contributed by atoms with Gasteiger partial charge in [0.25, 0.3) is 0 Å². The fourth-order valence-corrected chi connectivity index (χ4v) is 1.78. The van der Waals surface area contributed by atoms with Crippen molar-refractivity contribution in [1.29, 1.82) is 0 Å². The van der Waals surface area contributed by atoms with Crippen molar-refractivity contribution < 1.29 is 18.0 Å². The van der Waals surface area contributed by atoms with Crippen molar-refractivity contribution in [3.05, 3.63) is 41.5 Å². The summed E-state index contributed by atoms with van der Waals surface area (Å²) in [6.45, 7) is -1.29. The van der Waals surface area contributed by atoms with Gasteiger partial charge < -0.3 is 5.32 Å². The first-order valence-electron chi connectivity index (χ1n) is 5.09. The minimum Gasteiger partial charge on any atom is -0.346 e. The van der Waals surface area contributed by atoms with E-state index in [1.165, 1.54) is 0 Å². The summed E-state index contributed by atoms with van der Waals surface area (Å²) in [4.78, 5) is 11.6. The summed E-state index contributed by atoms with van der Waals surface area (Å²) in [5, 5.41) is 1.89. The molecule has 1 aliphatic carbocycles. The van der Waals surface area contributed by atoms with Gasteiger partial charge in [-0.1, -0.05) is 36.4 Å². The molecule has 0 aliphatic heterocycles. The standard InChI is InChI=1S/C12H10F3NO/c13-12(14,15)7-16-11(17)10-6-5-8-3-1-2-4-9(8)10/h1-6,10H,7H2,(H,16,17). The summed E-state index contributed by atoms with van der Waals surface area (Å²) in [7, 11) is 0. The lowest BCUT2D eigenvalue weighted by atomic mass is 10.0. The van der Waals surface area contributed by atoms with Gasteiger partial charge in [0.15, 0.2) is 0 Å². The van der Waals surface area contributed by atoms with Gasteiger partial charge in [0.2, 0.25) is 5.91 Å². The Labute approximate surface area is 96.1 Å². The second-order valence-corrected chi connectivity index (χ2v) is 3.80. The van der Waals surface area contributed by atoms with Crippen LogP contribution >= 0.6 is 0 Å². The highest BCUT2D eigenvalue weighted by molar-refractivity contribution is 5.90. The van der Waals surface area contributed by atoms with Crippen LogP contribution in [-0.2, 0) is 4.79 Å². The van der Waals surface area contributed by atoms with E-state index in [0.717, 1.165) is 11.1 Å². The fraction of sp³-hybridized carbons (Fsp3) is 0.250. The second kappa shape index (κ2) is 4.24. The monoisotopic (exact) mass is 241 g/mol. The Hall–Kier alpha value is -1.78. The topological polar surface area (TPSA) is 29.1 Å². The summed E-state index contributed by atoms with van der Waals surface area (Å²) in [5.74, 6) is -1.24. The molecule has 1 unspecified atom stereocenters. The Balaban J connectivity index is 2.06. The molecule has 5 heteroatoms. The molecule has 1 aliphatic rings. The number of hydrogen-bond acceptors (Lipinski definition) is 1. The number of rotatable bonds is 2. The Morgan fingerprint density at radius 3 is 2.71 bits per heavy atom. The molecule has 90 valence electrons. The summed E-state index contributed by atoms with van der Waals surface area (Å²) < 4.78 is 35.9. The van der Waals surface area contributed by atoms with E-state index in [9.17, 15) is 18.0 Å². The minimum absolute atomic E-state index is 0.617. The van der Waals surface area contributed by atoms with Gasteiger partial charge in [-0.25, -0.2) is 0 Å². The number of carbonyl (C=O) groups excluding carboxylic acids is 1. The van der Waals surface area contributed by atoms with Crippen molar-refractivity contribution in [1.82, 2.24) is 5.32 Å². The number of alkyl halides is 3. The summed E-state index contributed by atoms with van der Waals surface area (Å²) >= 11 is 0. The predicted octanol–water partition coefficient (Wildman–Crippen LogP) is 2.48. The molecule has 17 heavy (non-hydrogen) atoms. The summed E-state index contributed by atoms with van der Waals surface area (Å²) in [6, 6.07) is 7.14. The van der Waals surface area contributed by atoms with Crippen molar-refractivity contribution in [2.75, 3.05) is 6.54 Å². The number of amides is 1. The lowest BCUT2D eigenvalue weighted by molar-refractivity contribution is -0.138. The van der Waals surface area contributed by atoms with Gasteiger partial charge in [-0.3, -0.25) is 4.79 Å². The van der Waals surface area contributed by atoms with Crippen LogP contribution in [0.25, 0.3) is 6.08 Å². The van der Waals surface area contributed by atoms with Crippen LogP contribution in [0.4, 0.5) is 13.2 Å². The molecule has 0 bridgehead atoms. The van der Waals surface area contributed by atoms with Gasteiger partial charge in [-0.05, 0) is 11.1 Å². The van der Waals surface area contributed by atoms with Crippen LogP contribution in [0, 0.1) is 0 Å². The third kappa shape index (κ3) is 2.67. The maximum atomic E-state index is 12.0. The smallest absolute Gasteiger partial charge is 0.346 e. The first-order valence-corrected chi connectivity index (χ1v) is 5.09. The van der Waals surface area contributed by atoms with Crippen molar-refractivity contribution in [2.45, 2.75) is 12.1 Å². The summed E-state index contributed by atoms with van der Waals surface area (Å²) in [5.41, 5.74) is 1.62. The zero-order valence-corrected chi connectivity index (χ0v) is 8.79. The fourth-order valence-electron chi connectivity index (χ4n) is 1.78. The van der Waals surface area contributed by atoms with Crippen LogP contribution in [0.15, 0.2) is 30.3 Å². The number of carbonyl (C=O) groups is 1. The number of benzene rings is 1. The number of halogens is 3. The predicted molar refractivity (Wildman–Crippen MR) is 57.3 cm³/mol. The highest BCUT2D eigenvalue weighted by Crippen LogP contribution is 2.29. The van der Waals surface area contributed by atoms with E-state index >= 15 is 0 Å². The highest BCUT2D eigenvalue weighted by Gasteiger charge is 2.30. The van der Waals surface area contributed by atoms with Gasteiger partial charge in [-0.2, -0.15) is 13.2 Å². The third-order valence-electron chi connectivity index (χ3n) is 2.54. The average molecular weight is 241 g/mol. The molecule has 1 aromatic rings. The third-order valence-corrected chi connectivity index (χ3v) is 2.54. The van der Waals surface area contributed by atoms with E-state index < -0.39 is 24.5 Å². The minimum atomic E-state index is -4.38. The van der Waals surface area contributed by atoms with Crippen molar-refractivity contribution in [3.8, 4) is 0 Å². The molecule has 1 N–H and O–H groups in total. The van der Waals surface area contributed by atoms with Crippen molar-refractivity contribution in [3.63, 3.8) is 0 Å². The molecule has 0 heterocycles. The van der Waals surface area contributed by atoms with Gasteiger partial charge in [0.1, 0.15) is 6.54 Å². The quantitative estimate of drug-likeness (QED) is 0.846. The van der Waals surface area contributed by atoms with Gasteiger partial charge in [0.05, 0.1) is 5.92 Å². The van der Waals surface area contributed by atoms with E-state index in [1.54, 1.807) is 24.3 Å². The van der Waals surface area contributed by atoms with Crippen LogP contribution in [-0.4, -0.2) is 18.6 Å². The molecule has 1 aromatic carbocycles. The molecule has 0 spiro atoms. The Kier molecular flexibility index (Phi) is 2.92. The largest absolute Gasteiger partial charge is 0.405 e. The van der Waals surface area contributed by atoms with Crippen LogP contribution < -0.4 is 5.32 Å². The molecule has 0 radical (unpaired) electrons. The van der Waals surface area contributed by atoms with Crippen molar-refractivity contribution >= 4 is 12.0 Å².